The van der Waals surface area contributed by atoms with Crippen molar-refractivity contribution in [2.75, 3.05) is 32.5 Å². The van der Waals surface area contributed by atoms with E-state index in [2.05, 4.69) is 49.4 Å². The molecule has 0 aromatic heterocycles. The Morgan fingerprint density at radius 2 is 1.91 bits per heavy atom. The molecular weight excluding hydrogens is 272 g/mol. The molecule has 0 aliphatic rings. The van der Waals surface area contributed by atoms with E-state index in [1.807, 2.05) is 24.3 Å². The van der Waals surface area contributed by atoms with E-state index in [0.29, 0.717) is 5.56 Å². The zero-order valence-corrected chi connectivity index (χ0v) is 13.6. The summed E-state index contributed by atoms with van der Waals surface area (Å²) in [5.74, 6) is 0. The number of nitrogens with one attached hydrogen (secondary N) is 1. The highest BCUT2D eigenvalue weighted by molar-refractivity contribution is 5.83. The third-order valence-corrected chi connectivity index (χ3v) is 3.66. The van der Waals surface area contributed by atoms with Crippen LogP contribution in [0.15, 0.2) is 42.5 Å². The summed E-state index contributed by atoms with van der Waals surface area (Å²) < 4.78 is 0. The first-order valence-corrected chi connectivity index (χ1v) is 7.65. The summed E-state index contributed by atoms with van der Waals surface area (Å²) in [6, 6.07) is 14.2. The normalized spacial score (nSPS) is 10.7. The Bertz CT molecular complexity index is 635. The first-order valence-electron chi connectivity index (χ1n) is 7.65. The Balaban J connectivity index is 2.19. The van der Waals surface area contributed by atoms with Gasteiger partial charge in [0.25, 0.3) is 0 Å². The minimum Gasteiger partial charge on any atom is -0.385 e. The Kier molecular flexibility index (Phi) is 5.73. The number of rotatable bonds is 7. The summed E-state index contributed by atoms with van der Waals surface area (Å²) in [6.45, 7) is 4.03. The number of carbonyl (C=O) groups is 1. The average Bonchev–Trinajstić information content (AvgIpc) is 2.51. The van der Waals surface area contributed by atoms with Crippen LogP contribution in [0.3, 0.4) is 0 Å². The highest BCUT2D eigenvalue weighted by atomic mass is 16.1. The molecule has 0 bridgehead atoms. The molecular formula is C19H24N2O. The molecule has 0 atom stereocenters. The largest absolute Gasteiger partial charge is 0.385 e. The second-order valence-electron chi connectivity index (χ2n) is 5.86. The Labute approximate surface area is 133 Å². The van der Waals surface area contributed by atoms with E-state index in [0.717, 1.165) is 37.0 Å². The first kappa shape index (κ1) is 16.2. The van der Waals surface area contributed by atoms with Gasteiger partial charge in [-0.1, -0.05) is 24.3 Å². The number of aldehydes is 1. The number of anilines is 1. The molecule has 0 aliphatic heterocycles. The maximum Gasteiger partial charge on any atom is 0.150 e. The van der Waals surface area contributed by atoms with Gasteiger partial charge < -0.3 is 10.2 Å². The van der Waals surface area contributed by atoms with Crippen molar-refractivity contribution in [1.82, 2.24) is 4.90 Å². The van der Waals surface area contributed by atoms with Gasteiger partial charge in [0, 0.05) is 17.8 Å². The summed E-state index contributed by atoms with van der Waals surface area (Å²) >= 11 is 0. The van der Waals surface area contributed by atoms with Gasteiger partial charge in [-0.15, -0.1) is 0 Å². The van der Waals surface area contributed by atoms with Crippen molar-refractivity contribution in [3.63, 3.8) is 0 Å². The van der Waals surface area contributed by atoms with Crippen molar-refractivity contribution in [3.8, 4) is 11.1 Å². The monoisotopic (exact) mass is 296 g/mol. The fourth-order valence-electron chi connectivity index (χ4n) is 2.50. The molecule has 0 spiro atoms. The number of carbonyl (C=O) groups excluding carboxylic acids is 1. The predicted molar refractivity (Wildman–Crippen MR) is 93.7 cm³/mol. The van der Waals surface area contributed by atoms with Gasteiger partial charge in [-0.25, -0.2) is 0 Å². The molecule has 0 aliphatic carbocycles. The maximum absolute atomic E-state index is 11.2. The summed E-state index contributed by atoms with van der Waals surface area (Å²) in [5.41, 5.74) is 5.17. The molecule has 0 amide bonds. The van der Waals surface area contributed by atoms with E-state index in [1.54, 1.807) is 0 Å². The van der Waals surface area contributed by atoms with Crippen LogP contribution in [-0.2, 0) is 0 Å². The molecule has 3 nitrogen and oxygen atoms in total. The average molecular weight is 296 g/mol. The highest BCUT2D eigenvalue weighted by Gasteiger charge is 2.05. The second-order valence-corrected chi connectivity index (χ2v) is 5.86. The van der Waals surface area contributed by atoms with Gasteiger partial charge in [-0.2, -0.15) is 0 Å². The third-order valence-electron chi connectivity index (χ3n) is 3.66. The quantitative estimate of drug-likeness (QED) is 0.622. The van der Waals surface area contributed by atoms with E-state index in [1.165, 1.54) is 11.1 Å². The van der Waals surface area contributed by atoms with Crippen molar-refractivity contribution < 1.29 is 4.79 Å². The van der Waals surface area contributed by atoms with Gasteiger partial charge in [0.15, 0.2) is 0 Å². The number of aryl methyl sites for hydroxylation is 1. The topological polar surface area (TPSA) is 32.3 Å². The van der Waals surface area contributed by atoms with E-state index in [9.17, 15) is 4.79 Å². The molecule has 0 saturated carbocycles. The molecule has 22 heavy (non-hydrogen) atoms. The molecule has 0 heterocycles. The van der Waals surface area contributed by atoms with Crippen LogP contribution >= 0.6 is 0 Å². The van der Waals surface area contributed by atoms with Gasteiger partial charge in [0.05, 0.1) is 0 Å². The van der Waals surface area contributed by atoms with E-state index in [4.69, 9.17) is 0 Å². The predicted octanol–water partition coefficient (Wildman–Crippen LogP) is 3.84. The minimum absolute atomic E-state index is 0.705. The Morgan fingerprint density at radius 1 is 1.14 bits per heavy atom. The van der Waals surface area contributed by atoms with Gasteiger partial charge in [0.1, 0.15) is 6.29 Å². The van der Waals surface area contributed by atoms with Crippen molar-refractivity contribution in [2.45, 2.75) is 13.3 Å². The lowest BCUT2D eigenvalue weighted by molar-refractivity contribution is 0.112. The fourth-order valence-corrected chi connectivity index (χ4v) is 2.50. The molecule has 0 saturated heterocycles. The maximum atomic E-state index is 11.2. The summed E-state index contributed by atoms with van der Waals surface area (Å²) in [4.78, 5) is 13.4. The summed E-state index contributed by atoms with van der Waals surface area (Å²) in [6.07, 6.45) is 1.98. The van der Waals surface area contributed by atoms with E-state index in [-0.39, 0.29) is 0 Å². The molecule has 116 valence electrons. The third kappa shape index (κ3) is 4.43. The van der Waals surface area contributed by atoms with Gasteiger partial charge in [-0.05, 0) is 68.9 Å². The molecule has 1 N–H and O–H groups in total. The Hall–Kier alpha value is -2.13. The Morgan fingerprint density at radius 3 is 2.59 bits per heavy atom. The first-order chi connectivity index (χ1) is 10.6. The van der Waals surface area contributed by atoms with Crippen LogP contribution in [0, 0.1) is 6.92 Å². The van der Waals surface area contributed by atoms with Crippen LogP contribution in [0.4, 0.5) is 5.69 Å². The minimum atomic E-state index is 0.705. The van der Waals surface area contributed by atoms with Crippen LogP contribution in [0.1, 0.15) is 22.3 Å². The van der Waals surface area contributed by atoms with Crippen molar-refractivity contribution in [1.29, 1.82) is 0 Å². The zero-order valence-electron chi connectivity index (χ0n) is 13.6. The molecule has 2 aromatic rings. The van der Waals surface area contributed by atoms with Gasteiger partial charge in [0.2, 0.25) is 0 Å². The van der Waals surface area contributed by atoms with Crippen LogP contribution in [0.2, 0.25) is 0 Å². The fraction of sp³-hybridized carbons (Fsp3) is 0.316. The lowest BCUT2D eigenvalue weighted by atomic mass is 9.98. The molecule has 0 fully saturated rings. The number of hydrogen-bond acceptors (Lipinski definition) is 3. The highest BCUT2D eigenvalue weighted by Crippen LogP contribution is 2.27. The number of benzene rings is 2. The molecule has 2 rings (SSSR count). The van der Waals surface area contributed by atoms with Crippen molar-refractivity contribution >= 4 is 12.0 Å². The van der Waals surface area contributed by atoms with Gasteiger partial charge in [-0.3, -0.25) is 4.79 Å². The lowest BCUT2D eigenvalue weighted by Gasteiger charge is -2.13. The number of hydrogen-bond donors (Lipinski definition) is 1. The lowest BCUT2D eigenvalue weighted by Crippen LogP contribution is -2.16. The summed E-state index contributed by atoms with van der Waals surface area (Å²) in [7, 11) is 4.15. The van der Waals surface area contributed by atoms with Crippen molar-refractivity contribution in [3.05, 3.63) is 53.6 Å². The molecule has 2 aromatic carbocycles. The standard InChI is InChI=1S/C19H24N2O/c1-15-7-4-5-8-19(15)17-11-16(14-22)12-18(13-17)20-9-6-10-21(2)3/h4-5,7-8,11-14,20H,6,9-10H2,1-3H3. The molecule has 0 radical (unpaired) electrons. The number of nitrogens with zero attached hydrogens (tertiary/aromatic N) is 1. The smallest absolute Gasteiger partial charge is 0.150 e. The van der Waals surface area contributed by atoms with Crippen LogP contribution in [0.5, 0.6) is 0 Å². The van der Waals surface area contributed by atoms with Crippen LogP contribution < -0.4 is 5.32 Å². The van der Waals surface area contributed by atoms with E-state index >= 15 is 0 Å². The second kappa shape index (κ2) is 7.76. The van der Waals surface area contributed by atoms with Crippen LogP contribution in [0.25, 0.3) is 11.1 Å². The van der Waals surface area contributed by atoms with Crippen molar-refractivity contribution in [2.24, 2.45) is 0 Å². The SMILES string of the molecule is Cc1ccccc1-c1cc(C=O)cc(NCCCN(C)C)c1. The summed E-state index contributed by atoms with van der Waals surface area (Å²) in [5, 5.41) is 3.42. The van der Waals surface area contributed by atoms with Gasteiger partial charge >= 0.3 is 0 Å². The van der Waals surface area contributed by atoms with Crippen LogP contribution in [-0.4, -0.2) is 38.4 Å². The zero-order chi connectivity index (χ0) is 15.9. The molecule has 0 unspecified atom stereocenters. The van der Waals surface area contributed by atoms with E-state index < -0.39 is 0 Å². The molecule has 3 heteroatoms.